The molecule has 0 aliphatic heterocycles. The molecular weight excluding hydrogens is 226 g/mol. The highest BCUT2D eigenvalue weighted by Crippen LogP contribution is 2.09. The highest BCUT2D eigenvalue weighted by molar-refractivity contribution is 5.44. The molecule has 2 aromatic heterocycles. The first-order valence-corrected chi connectivity index (χ1v) is 5.78. The lowest BCUT2D eigenvalue weighted by Crippen LogP contribution is -2.09. The van der Waals surface area contributed by atoms with Crippen LogP contribution in [0.3, 0.4) is 0 Å². The predicted molar refractivity (Wildman–Crippen MR) is 69.1 cm³/mol. The summed E-state index contributed by atoms with van der Waals surface area (Å²) in [6.45, 7) is 2.65. The molecule has 0 fully saturated rings. The molecule has 2 aromatic rings. The number of nitrogens with zero attached hydrogens (tertiary/aromatic N) is 4. The van der Waals surface area contributed by atoms with Crippen LogP contribution in [0.1, 0.15) is 17.0 Å². The largest absolute Gasteiger partial charge is 0.370 e. The van der Waals surface area contributed by atoms with Crippen LogP contribution in [-0.4, -0.2) is 21.3 Å². The van der Waals surface area contributed by atoms with Crippen molar-refractivity contribution >= 4 is 5.82 Å². The quantitative estimate of drug-likeness (QED) is 0.883. The molecule has 0 amide bonds. The molecule has 0 unspecified atom stereocenters. The lowest BCUT2D eigenvalue weighted by molar-refractivity contribution is 0.711. The molecule has 0 bridgehead atoms. The molecule has 0 aromatic carbocycles. The Kier molecular flexibility index (Phi) is 3.58. The monoisotopic (exact) mass is 241 g/mol. The fourth-order valence-electron chi connectivity index (χ4n) is 1.79. The maximum Gasteiger partial charge on any atom is 0.127 e. The molecule has 5 heteroatoms. The van der Waals surface area contributed by atoms with Crippen molar-refractivity contribution in [2.24, 2.45) is 7.05 Å². The Bertz CT molecular complexity index is 579. The third-order valence-corrected chi connectivity index (χ3v) is 2.69. The van der Waals surface area contributed by atoms with Gasteiger partial charge in [0, 0.05) is 37.6 Å². The SMILES string of the molecule is Cc1cc(C#N)cc(NCCc2ccnn2C)n1. The summed E-state index contributed by atoms with van der Waals surface area (Å²) in [5.74, 6) is 0.744. The van der Waals surface area contributed by atoms with Crippen LogP contribution < -0.4 is 5.32 Å². The third-order valence-electron chi connectivity index (χ3n) is 2.69. The minimum absolute atomic E-state index is 0.630. The van der Waals surface area contributed by atoms with Gasteiger partial charge in [-0.1, -0.05) is 0 Å². The van der Waals surface area contributed by atoms with Gasteiger partial charge in [0.05, 0.1) is 11.6 Å². The van der Waals surface area contributed by atoms with Crippen LogP contribution in [-0.2, 0) is 13.5 Å². The van der Waals surface area contributed by atoms with Crippen LogP contribution in [0.2, 0.25) is 0 Å². The zero-order valence-electron chi connectivity index (χ0n) is 10.5. The van der Waals surface area contributed by atoms with Crippen LogP contribution in [0.4, 0.5) is 5.82 Å². The van der Waals surface area contributed by atoms with E-state index in [2.05, 4.69) is 21.5 Å². The summed E-state index contributed by atoms with van der Waals surface area (Å²) >= 11 is 0. The third kappa shape index (κ3) is 2.86. The summed E-state index contributed by atoms with van der Waals surface area (Å²) < 4.78 is 1.85. The number of nitrogens with one attached hydrogen (secondary N) is 1. The van der Waals surface area contributed by atoms with Gasteiger partial charge in [0.2, 0.25) is 0 Å². The molecule has 18 heavy (non-hydrogen) atoms. The normalized spacial score (nSPS) is 10.1. The fraction of sp³-hybridized carbons (Fsp3) is 0.308. The Hall–Kier alpha value is -2.35. The van der Waals surface area contributed by atoms with Gasteiger partial charge < -0.3 is 5.32 Å². The highest BCUT2D eigenvalue weighted by atomic mass is 15.3. The Morgan fingerprint density at radius 2 is 2.28 bits per heavy atom. The average Bonchev–Trinajstić information content (AvgIpc) is 2.74. The van der Waals surface area contributed by atoms with Gasteiger partial charge in [0.25, 0.3) is 0 Å². The lowest BCUT2D eigenvalue weighted by atomic mass is 10.2. The summed E-state index contributed by atoms with van der Waals surface area (Å²) in [7, 11) is 1.92. The van der Waals surface area contributed by atoms with Crippen LogP contribution in [0.5, 0.6) is 0 Å². The van der Waals surface area contributed by atoms with Gasteiger partial charge in [-0.25, -0.2) is 4.98 Å². The summed E-state index contributed by atoms with van der Waals surface area (Å²) in [6.07, 6.45) is 2.65. The second kappa shape index (κ2) is 5.32. The van der Waals surface area contributed by atoms with Gasteiger partial charge in [-0.05, 0) is 25.1 Å². The van der Waals surface area contributed by atoms with E-state index in [4.69, 9.17) is 5.26 Å². The second-order valence-electron chi connectivity index (χ2n) is 4.12. The van der Waals surface area contributed by atoms with E-state index in [1.807, 2.05) is 24.7 Å². The molecule has 0 saturated heterocycles. The van der Waals surface area contributed by atoms with Crippen molar-refractivity contribution in [1.29, 1.82) is 5.26 Å². The summed E-state index contributed by atoms with van der Waals surface area (Å²) in [6, 6.07) is 7.65. The number of pyridine rings is 1. The van der Waals surface area contributed by atoms with E-state index < -0.39 is 0 Å². The van der Waals surface area contributed by atoms with Gasteiger partial charge >= 0.3 is 0 Å². The number of hydrogen-bond acceptors (Lipinski definition) is 4. The number of rotatable bonds is 4. The molecule has 0 aliphatic rings. The number of nitriles is 1. The van der Waals surface area contributed by atoms with Crippen molar-refractivity contribution in [3.05, 3.63) is 41.3 Å². The topological polar surface area (TPSA) is 66.5 Å². The van der Waals surface area contributed by atoms with Crippen molar-refractivity contribution in [3.8, 4) is 6.07 Å². The van der Waals surface area contributed by atoms with E-state index in [1.165, 1.54) is 0 Å². The van der Waals surface area contributed by atoms with E-state index in [9.17, 15) is 0 Å². The fourth-order valence-corrected chi connectivity index (χ4v) is 1.79. The first-order valence-electron chi connectivity index (χ1n) is 5.78. The molecule has 92 valence electrons. The molecule has 5 nitrogen and oxygen atoms in total. The molecule has 0 aliphatic carbocycles. The molecule has 0 atom stereocenters. The molecule has 1 N–H and O–H groups in total. The Morgan fingerprint density at radius 1 is 1.44 bits per heavy atom. The van der Waals surface area contributed by atoms with Crippen molar-refractivity contribution in [2.75, 3.05) is 11.9 Å². The Labute approximate surface area is 106 Å². The van der Waals surface area contributed by atoms with Gasteiger partial charge in [0.15, 0.2) is 0 Å². The van der Waals surface area contributed by atoms with Crippen molar-refractivity contribution in [2.45, 2.75) is 13.3 Å². The van der Waals surface area contributed by atoms with Crippen LogP contribution in [0.15, 0.2) is 24.4 Å². The van der Waals surface area contributed by atoms with Gasteiger partial charge in [-0.15, -0.1) is 0 Å². The standard InChI is InChI=1S/C13H15N5/c1-10-7-11(9-14)8-13(17-10)15-5-3-12-4-6-16-18(12)2/h4,6-8H,3,5H2,1-2H3,(H,15,17). The van der Waals surface area contributed by atoms with Gasteiger partial charge in [-0.3, -0.25) is 4.68 Å². The first kappa shape index (κ1) is 12.1. The average molecular weight is 241 g/mol. The number of aryl methyl sites for hydroxylation is 2. The Balaban J connectivity index is 1.97. The first-order chi connectivity index (χ1) is 8.69. The van der Waals surface area contributed by atoms with Crippen LogP contribution in [0.25, 0.3) is 0 Å². The molecule has 2 rings (SSSR count). The van der Waals surface area contributed by atoms with Crippen LogP contribution in [0, 0.1) is 18.3 Å². The van der Waals surface area contributed by atoms with E-state index in [1.54, 1.807) is 18.3 Å². The molecule has 0 radical (unpaired) electrons. The Morgan fingerprint density at radius 3 is 2.94 bits per heavy atom. The summed E-state index contributed by atoms with van der Waals surface area (Å²) in [5.41, 5.74) is 2.64. The number of anilines is 1. The van der Waals surface area contributed by atoms with E-state index in [0.717, 1.165) is 30.2 Å². The smallest absolute Gasteiger partial charge is 0.127 e. The number of hydrogen-bond donors (Lipinski definition) is 1. The van der Waals surface area contributed by atoms with E-state index >= 15 is 0 Å². The zero-order chi connectivity index (χ0) is 13.0. The van der Waals surface area contributed by atoms with Gasteiger partial charge in [0.1, 0.15) is 5.82 Å². The zero-order valence-corrected chi connectivity index (χ0v) is 10.5. The minimum Gasteiger partial charge on any atom is -0.370 e. The summed E-state index contributed by atoms with van der Waals surface area (Å²) in [4.78, 5) is 4.34. The highest BCUT2D eigenvalue weighted by Gasteiger charge is 2.01. The van der Waals surface area contributed by atoms with E-state index in [-0.39, 0.29) is 0 Å². The van der Waals surface area contributed by atoms with Crippen LogP contribution >= 0.6 is 0 Å². The molecular formula is C13H15N5. The van der Waals surface area contributed by atoms with Gasteiger partial charge in [-0.2, -0.15) is 10.4 Å². The molecule has 0 spiro atoms. The van der Waals surface area contributed by atoms with Crippen molar-refractivity contribution < 1.29 is 0 Å². The predicted octanol–water partition coefficient (Wildman–Crippen LogP) is 1.65. The second-order valence-corrected chi connectivity index (χ2v) is 4.12. The molecule has 0 saturated carbocycles. The lowest BCUT2D eigenvalue weighted by Gasteiger charge is -2.07. The van der Waals surface area contributed by atoms with Crippen molar-refractivity contribution in [3.63, 3.8) is 0 Å². The minimum atomic E-state index is 0.630. The maximum absolute atomic E-state index is 8.88. The number of aromatic nitrogens is 3. The molecule has 2 heterocycles. The van der Waals surface area contributed by atoms with Crippen molar-refractivity contribution in [1.82, 2.24) is 14.8 Å². The maximum atomic E-state index is 8.88. The summed E-state index contributed by atoms with van der Waals surface area (Å²) in [5, 5.41) is 16.2. The van der Waals surface area contributed by atoms with E-state index in [0.29, 0.717) is 5.56 Å².